The average molecular weight is 181 g/mol. The van der Waals surface area contributed by atoms with Crippen LogP contribution < -0.4 is 5.73 Å². The van der Waals surface area contributed by atoms with E-state index in [9.17, 15) is 0 Å². The lowest BCUT2D eigenvalue weighted by Gasteiger charge is -2.33. The highest BCUT2D eigenvalue weighted by molar-refractivity contribution is 5.03. The highest BCUT2D eigenvalue weighted by Gasteiger charge is 2.35. The third-order valence-electron chi connectivity index (χ3n) is 2.97. The molecule has 0 atom stereocenters. The predicted molar refractivity (Wildman–Crippen MR) is 47.8 cm³/mol. The van der Waals surface area contributed by atoms with Gasteiger partial charge in [0.1, 0.15) is 0 Å². The van der Waals surface area contributed by atoms with Gasteiger partial charge in [-0.3, -0.25) is 0 Å². The highest BCUT2D eigenvalue weighted by Crippen LogP contribution is 2.35. The largest absolute Gasteiger partial charge is 0.343 e. The van der Waals surface area contributed by atoms with E-state index in [0.29, 0.717) is 5.82 Å². The maximum atomic E-state index is 6.20. The Hall–Kier alpha value is -0.900. The van der Waals surface area contributed by atoms with Crippen molar-refractivity contribution < 1.29 is 4.52 Å². The topological polar surface area (TPSA) is 64.9 Å². The maximum absolute atomic E-state index is 6.20. The van der Waals surface area contributed by atoms with Crippen LogP contribution in [-0.2, 0) is 5.54 Å². The summed E-state index contributed by atoms with van der Waals surface area (Å²) < 4.78 is 4.72. The molecular weight excluding hydrogens is 166 g/mol. The molecule has 72 valence electrons. The number of hydrogen-bond acceptors (Lipinski definition) is 4. The molecule has 0 radical (unpaired) electrons. The lowest BCUT2D eigenvalue weighted by molar-refractivity contribution is 0.230. The minimum atomic E-state index is -0.334. The standard InChI is InChI=1S/C9H15N3O/c1-7-2-4-9(10,5-3-7)8-11-6-13-12-8/h6-7H,2-5,10H2,1H3. The number of nitrogens with two attached hydrogens (primary N) is 1. The van der Waals surface area contributed by atoms with Crippen molar-refractivity contribution in [1.29, 1.82) is 0 Å². The van der Waals surface area contributed by atoms with E-state index in [1.54, 1.807) is 0 Å². The van der Waals surface area contributed by atoms with Crippen LogP contribution in [0.4, 0.5) is 0 Å². The smallest absolute Gasteiger partial charge is 0.213 e. The first-order valence-electron chi connectivity index (χ1n) is 4.76. The molecule has 2 N–H and O–H groups in total. The number of aromatic nitrogens is 2. The summed E-state index contributed by atoms with van der Waals surface area (Å²) in [6.07, 6.45) is 5.60. The minimum Gasteiger partial charge on any atom is -0.343 e. The number of nitrogens with zero attached hydrogens (tertiary/aromatic N) is 2. The van der Waals surface area contributed by atoms with Gasteiger partial charge >= 0.3 is 0 Å². The van der Waals surface area contributed by atoms with Gasteiger partial charge in [-0.2, -0.15) is 4.98 Å². The predicted octanol–water partition coefficient (Wildman–Crippen LogP) is 1.43. The molecular formula is C9H15N3O. The Balaban J connectivity index is 2.13. The summed E-state index contributed by atoms with van der Waals surface area (Å²) in [6, 6.07) is 0. The van der Waals surface area contributed by atoms with Crippen molar-refractivity contribution in [2.75, 3.05) is 0 Å². The molecule has 0 amide bonds. The van der Waals surface area contributed by atoms with Crippen molar-refractivity contribution in [3.05, 3.63) is 12.2 Å². The summed E-state index contributed by atoms with van der Waals surface area (Å²) in [5, 5.41) is 3.83. The molecule has 0 unspecified atom stereocenters. The quantitative estimate of drug-likeness (QED) is 0.711. The zero-order valence-electron chi connectivity index (χ0n) is 7.86. The van der Waals surface area contributed by atoms with Crippen LogP contribution >= 0.6 is 0 Å². The van der Waals surface area contributed by atoms with E-state index in [-0.39, 0.29) is 5.54 Å². The van der Waals surface area contributed by atoms with Gasteiger partial charge in [0.05, 0.1) is 5.54 Å². The van der Waals surface area contributed by atoms with Crippen molar-refractivity contribution in [2.24, 2.45) is 11.7 Å². The van der Waals surface area contributed by atoms with Crippen LogP contribution in [0.15, 0.2) is 10.9 Å². The Morgan fingerprint density at radius 2 is 2.23 bits per heavy atom. The molecule has 0 spiro atoms. The van der Waals surface area contributed by atoms with Gasteiger partial charge in [0.25, 0.3) is 0 Å². The van der Waals surface area contributed by atoms with Gasteiger partial charge in [-0.1, -0.05) is 12.1 Å². The molecule has 4 heteroatoms. The fourth-order valence-corrected chi connectivity index (χ4v) is 1.89. The summed E-state index contributed by atoms with van der Waals surface area (Å²) in [6.45, 7) is 2.26. The zero-order chi connectivity index (χ0) is 9.31. The summed E-state index contributed by atoms with van der Waals surface area (Å²) in [4.78, 5) is 4.03. The van der Waals surface area contributed by atoms with Crippen molar-refractivity contribution in [1.82, 2.24) is 10.1 Å². The maximum Gasteiger partial charge on any atom is 0.213 e. The summed E-state index contributed by atoms with van der Waals surface area (Å²) >= 11 is 0. The molecule has 0 aliphatic heterocycles. The molecule has 0 aromatic carbocycles. The molecule has 1 heterocycles. The van der Waals surface area contributed by atoms with Gasteiger partial charge in [0, 0.05) is 0 Å². The summed E-state index contributed by atoms with van der Waals surface area (Å²) in [5.41, 5.74) is 5.87. The summed E-state index contributed by atoms with van der Waals surface area (Å²) in [7, 11) is 0. The van der Waals surface area contributed by atoms with E-state index in [2.05, 4.69) is 17.1 Å². The van der Waals surface area contributed by atoms with E-state index in [1.165, 1.54) is 6.39 Å². The Bertz CT molecular complexity index is 262. The fraction of sp³-hybridized carbons (Fsp3) is 0.778. The van der Waals surface area contributed by atoms with Crippen LogP contribution in [0.2, 0.25) is 0 Å². The molecule has 0 bridgehead atoms. The van der Waals surface area contributed by atoms with Gasteiger partial charge in [-0.15, -0.1) is 0 Å². The monoisotopic (exact) mass is 181 g/mol. The van der Waals surface area contributed by atoms with E-state index >= 15 is 0 Å². The molecule has 1 aromatic heterocycles. The second kappa shape index (κ2) is 3.10. The van der Waals surface area contributed by atoms with Crippen LogP contribution in [0.1, 0.15) is 38.4 Å². The van der Waals surface area contributed by atoms with E-state index in [1.807, 2.05) is 0 Å². The zero-order valence-corrected chi connectivity index (χ0v) is 7.86. The second-order valence-electron chi connectivity index (χ2n) is 4.09. The van der Waals surface area contributed by atoms with Crippen molar-refractivity contribution in [3.8, 4) is 0 Å². The Morgan fingerprint density at radius 3 is 2.77 bits per heavy atom. The van der Waals surface area contributed by atoms with Crippen molar-refractivity contribution in [2.45, 2.75) is 38.1 Å². The van der Waals surface area contributed by atoms with Crippen LogP contribution in [0.3, 0.4) is 0 Å². The van der Waals surface area contributed by atoms with Crippen LogP contribution in [0, 0.1) is 5.92 Å². The molecule has 1 fully saturated rings. The van der Waals surface area contributed by atoms with Gasteiger partial charge in [-0.05, 0) is 31.6 Å². The van der Waals surface area contributed by atoms with Gasteiger partial charge in [0.2, 0.25) is 6.39 Å². The molecule has 1 aromatic rings. The molecule has 4 nitrogen and oxygen atoms in total. The van der Waals surface area contributed by atoms with Crippen LogP contribution in [-0.4, -0.2) is 10.1 Å². The SMILES string of the molecule is CC1CCC(N)(c2ncon2)CC1. The van der Waals surface area contributed by atoms with Gasteiger partial charge in [-0.25, -0.2) is 0 Å². The Kier molecular flexibility index (Phi) is 2.07. The third kappa shape index (κ3) is 1.58. The van der Waals surface area contributed by atoms with Crippen molar-refractivity contribution in [3.63, 3.8) is 0 Å². The Morgan fingerprint density at radius 1 is 1.54 bits per heavy atom. The first-order valence-corrected chi connectivity index (χ1v) is 4.76. The first kappa shape index (κ1) is 8.69. The third-order valence-corrected chi connectivity index (χ3v) is 2.97. The van der Waals surface area contributed by atoms with E-state index < -0.39 is 0 Å². The number of rotatable bonds is 1. The average Bonchev–Trinajstić information content (AvgIpc) is 2.63. The molecule has 2 rings (SSSR count). The normalized spacial score (nSPS) is 34.8. The first-order chi connectivity index (χ1) is 6.21. The lowest BCUT2D eigenvalue weighted by atomic mass is 9.77. The molecule has 0 saturated heterocycles. The number of hydrogen-bond donors (Lipinski definition) is 1. The van der Waals surface area contributed by atoms with Crippen LogP contribution in [0.25, 0.3) is 0 Å². The van der Waals surface area contributed by atoms with E-state index in [4.69, 9.17) is 10.3 Å². The lowest BCUT2D eigenvalue weighted by Crippen LogP contribution is -2.41. The van der Waals surface area contributed by atoms with Gasteiger partial charge < -0.3 is 10.3 Å². The molecule has 1 aliphatic rings. The van der Waals surface area contributed by atoms with Crippen LogP contribution in [0.5, 0.6) is 0 Å². The molecule has 1 saturated carbocycles. The molecule has 13 heavy (non-hydrogen) atoms. The van der Waals surface area contributed by atoms with Crippen molar-refractivity contribution >= 4 is 0 Å². The minimum absolute atomic E-state index is 0.334. The highest BCUT2D eigenvalue weighted by atomic mass is 16.5. The van der Waals surface area contributed by atoms with Gasteiger partial charge in [0.15, 0.2) is 5.82 Å². The Labute approximate surface area is 77.5 Å². The fourth-order valence-electron chi connectivity index (χ4n) is 1.89. The van der Waals surface area contributed by atoms with E-state index in [0.717, 1.165) is 31.6 Å². The molecule has 1 aliphatic carbocycles. The second-order valence-corrected chi connectivity index (χ2v) is 4.09. The summed E-state index contributed by atoms with van der Waals surface area (Å²) in [5.74, 6) is 1.45.